The maximum absolute atomic E-state index is 12.2. The van der Waals surface area contributed by atoms with Gasteiger partial charge in [0.25, 0.3) is 5.91 Å². The van der Waals surface area contributed by atoms with Gasteiger partial charge in [-0.2, -0.15) is 0 Å². The van der Waals surface area contributed by atoms with Crippen molar-refractivity contribution >= 4 is 5.91 Å². The number of hydrogen-bond donors (Lipinski definition) is 1. The van der Waals surface area contributed by atoms with Crippen molar-refractivity contribution in [2.24, 2.45) is 0 Å². The van der Waals surface area contributed by atoms with E-state index in [1.807, 2.05) is 4.90 Å². The van der Waals surface area contributed by atoms with E-state index in [1.54, 1.807) is 6.92 Å². The molecule has 1 amide bonds. The fourth-order valence-electron chi connectivity index (χ4n) is 2.72. The summed E-state index contributed by atoms with van der Waals surface area (Å²) in [7, 11) is 0. The van der Waals surface area contributed by atoms with Crippen LogP contribution < -0.4 is 0 Å². The summed E-state index contributed by atoms with van der Waals surface area (Å²) in [5.41, 5.74) is 0. The summed E-state index contributed by atoms with van der Waals surface area (Å²) in [6, 6.07) is 0.219. The number of amides is 1. The third kappa shape index (κ3) is 2.55. The van der Waals surface area contributed by atoms with E-state index < -0.39 is 0 Å². The zero-order valence-electron chi connectivity index (χ0n) is 9.89. The van der Waals surface area contributed by atoms with Gasteiger partial charge in [0.1, 0.15) is 6.10 Å². The third-order valence-corrected chi connectivity index (χ3v) is 3.48. The summed E-state index contributed by atoms with van der Waals surface area (Å²) < 4.78 is 5.43. The van der Waals surface area contributed by atoms with Crippen molar-refractivity contribution in [2.75, 3.05) is 13.2 Å². The molecule has 0 aromatic carbocycles. The predicted octanol–water partition coefficient (Wildman–Crippen LogP) is 0.927. The average Bonchev–Trinajstić information content (AvgIpc) is 2.84. The number of likely N-dealkylation sites (tertiary alicyclic amines) is 1. The molecule has 3 unspecified atom stereocenters. The van der Waals surface area contributed by atoms with Gasteiger partial charge in [0.05, 0.1) is 6.10 Å². The first kappa shape index (κ1) is 11.9. The van der Waals surface area contributed by atoms with Gasteiger partial charge in [-0.05, 0) is 39.0 Å². The van der Waals surface area contributed by atoms with Crippen LogP contribution in [0, 0.1) is 0 Å². The first-order valence-electron chi connectivity index (χ1n) is 6.28. The molecule has 2 aliphatic heterocycles. The van der Waals surface area contributed by atoms with E-state index in [-0.39, 0.29) is 24.2 Å². The minimum atomic E-state index is -0.331. The van der Waals surface area contributed by atoms with Crippen LogP contribution >= 0.6 is 0 Å². The number of nitrogens with zero attached hydrogens (tertiary/aromatic N) is 1. The molecule has 4 nitrogen and oxygen atoms in total. The number of carbonyl (C=O) groups is 1. The summed E-state index contributed by atoms with van der Waals surface area (Å²) in [5.74, 6) is 0.139. The average molecular weight is 227 g/mol. The van der Waals surface area contributed by atoms with Crippen molar-refractivity contribution in [3.63, 3.8) is 0 Å². The Morgan fingerprint density at radius 3 is 2.94 bits per heavy atom. The van der Waals surface area contributed by atoms with Crippen molar-refractivity contribution in [2.45, 2.75) is 57.3 Å². The molecular formula is C12H21NO3. The van der Waals surface area contributed by atoms with Gasteiger partial charge in [-0.3, -0.25) is 4.79 Å². The number of rotatable bonds is 3. The molecule has 16 heavy (non-hydrogen) atoms. The Morgan fingerprint density at radius 1 is 1.50 bits per heavy atom. The molecule has 92 valence electrons. The van der Waals surface area contributed by atoms with E-state index in [1.165, 1.54) is 0 Å². The summed E-state index contributed by atoms with van der Waals surface area (Å²) in [6.07, 6.45) is 4.07. The zero-order valence-corrected chi connectivity index (χ0v) is 9.89. The summed E-state index contributed by atoms with van der Waals surface area (Å²) in [6.45, 7) is 3.33. The zero-order chi connectivity index (χ0) is 11.5. The molecule has 1 N–H and O–H groups in total. The van der Waals surface area contributed by atoms with E-state index in [9.17, 15) is 9.90 Å². The lowest BCUT2D eigenvalue weighted by atomic mass is 10.1. The number of aliphatic hydroxyl groups is 1. The van der Waals surface area contributed by atoms with Crippen LogP contribution in [-0.4, -0.2) is 47.3 Å². The Bertz CT molecular complexity index is 249. The second-order valence-electron chi connectivity index (χ2n) is 4.91. The Balaban J connectivity index is 1.93. The monoisotopic (exact) mass is 227 g/mol. The first-order valence-corrected chi connectivity index (χ1v) is 6.28. The van der Waals surface area contributed by atoms with Crippen molar-refractivity contribution in [3.8, 4) is 0 Å². The number of hydrogen-bond acceptors (Lipinski definition) is 3. The van der Waals surface area contributed by atoms with Gasteiger partial charge >= 0.3 is 0 Å². The van der Waals surface area contributed by atoms with Crippen LogP contribution in [0.3, 0.4) is 0 Å². The standard InChI is InChI=1S/C12H21NO3/c1-9(14)8-10-4-2-6-13(10)12(15)11-5-3-7-16-11/h9-11,14H,2-8H2,1H3. The van der Waals surface area contributed by atoms with Crippen molar-refractivity contribution in [1.29, 1.82) is 0 Å². The highest BCUT2D eigenvalue weighted by molar-refractivity contribution is 5.81. The first-order chi connectivity index (χ1) is 7.68. The molecule has 0 aromatic rings. The highest BCUT2D eigenvalue weighted by atomic mass is 16.5. The number of ether oxygens (including phenoxy) is 1. The van der Waals surface area contributed by atoms with Crippen molar-refractivity contribution < 1.29 is 14.6 Å². The molecule has 0 aromatic heterocycles. The molecule has 0 aliphatic carbocycles. The molecule has 2 fully saturated rings. The fraction of sp³-hybridized carbons (Fsp3) is 0.917. The molecule has 2 rings (SSSR count). The summed E-state index contributed by atoms with van der Waals surface area (Å²) in [4.78, 5) is 14.1. The van der Waals surface area contributed by atoms with Crippen LogP contribution in [0.25, 0.3) is 0 Å². The van der Waals surface area contributed by atoms with E-state index >= 15 is 0 Å². The van der Waals surface area contributed by atoms with Crippen LogP contribution in [0.1, 0.15) is 39.0 Å². The van der Waals surface area contributed by atoms with E-state index in [2.05, 4.69) is 0 Å². The normalized spacial score (nSPS) is 32.0. The van der Waals surface area contributed by atoms with Gasteiger partial charge < -0.3 is 14.7 Å². The van der Waals surface area contributed by atoms with Crippen molar-refractivity contribution in [3.05, 3.63) is 0 Å². The molecule has 0 bridgehead atoms. The van der Waals surface area contributed by atoms with Gasteiger partial charge in [-0.15, -0.1) is 0 Å². The maximum atomic E-state index is 12.2. The van der Waals surface area contributed by atoms with Gasteiger partial charge in [-0.1, -0.05) is 0 Å². The molecule has 2 saturated heterocycles. The molecule has 0 spiro atoms. The van der Waals surface area contributed by atoms with Crippen LogP contribution in [0.5, 0.6) is 0 Å². The van der Waals surface area contributed by atoms with Crippen LogP contribution in [0.2, 0.25) is 0 Å². The largest absolute Gasteiger partial charge is 0.393 e. The molecule has 3 atom stereocenters. The van der Waals surface area contributed by atoms with Gasteiger partial charge in [0.2, 0.25) is 0 Å². The maximum Gasteiger partial charge on any atom is 0.251 e. The smallest absolute Gasteiger partial charge is 0.251 e. The molecule has 0 saturated carbocycles. The lowest BCUT2D eigenvalue weighted by Crippen LogP contribution is -2.42. The van der Waals surface area contributed by atoms with Crippen LogP contribution in [0.4, 0.5) is 0 Å². The second-order valence-corrected chi connectivity index (χ2v) is 4.91. The van der Waals surface area contributed by atoms with E-state index in [0.717, 1.165) is 32.2 Å². The summed E-state index contributed by atoms with van der Waals surface area (Å²) in [5, 5.41) is 9.41. The lowest BCUT2D eigenvalue weighted by Gasteiger charge is -2.27. The predicted molar refractivity (Wildman–Crippen MR) is 60.0 cm³/mol. The number of carbonyl (C=O) groups excluding carboxylic acids is 1. The minimum Gasteiger partial charge on any atom is -0.393 e. The van der Waals surface area contributed by atoms with Gasteiger partial charge in [-0.25, -0.2) is 0 Å². The minimum absolute atomic E-state index is 0.139. The Labute approximate surface area is 96.6 Å². The third-order valence-electron chi connectivity index (χ3n) is 3.48. The number of aliphatic hydroxyl groups excluding tert-OH is 1. The van der Waals surface area contributed by atoms with Crippen molar-refractivity contribution in [1.82, 2.24) is 4.90 Å². The topological polar surface area (TPSA) is 49.8 Å². The molecular weight excluding hydrogens is 206 g/mol. The highest BCUT2D eigenvalue weighted by Gasteiger charge is 2.35. The Morgan fingerprint density at radius 2 is 2.31 bits per heavy atom. The SMILES string of the molecule is CC(O)CC1CCCN1C(=O)C1CCCO1. The Hall–Kier alpha value is -0.610. The van der Waals surface area contributed by atoms with Crippen LogP contribution in [0.15, 0.2) is 0 Å². The lowest BCUT2D eigenvalue weighted by molar-refractivity contribution is -0.142. The van der Waals surface area contributed by atoms with Gasteiger partial charge in [0.15, 0.2) is 0 Å². The van der Waals surface area contributed by atoms with Gasteiger partial charge in [0, 0.05) is 19.2 Å². The van der Waals surface area contributed by atoms with E-state index in [0.29, 0.717) is 13.0 Å². The van der Waals surface area contributed by atoms with Crippen LogP contribution in [-0.2, 0) is 9.53 Å². The molecule has 0 radical (unpaired) electrons. The fourth-order valence-corrected chi connectivity index (χ4v) is 2.72. The molecule has 4 heteroatoms. The second kappa shape index (κ2) is 5.15. The molecule has 2 aliphatic rings. The van der Waals surface area contributed by atoms with E-state index in [4.69, 9.17) is 4.74 Å². The molecule has 2 heterocycles. The quantitative estimate of drug-likeness (QED) is 0.780. The highest BCUT2D eigenvalue weighted by Crippen LogP contribution is 2.25. The summed E-state index contributed by atoms with van der Waals surface area (Å²) >= 11 is 0. The Kier molecular flexibility index (Phi) is 3.82.